The molecular weight excluding hydrogens is 232 g/mol. The molecule has 1 amide bonds. The van der Waals surface area contributed by atoms with E-state index in [1.807, 2.05) is 0 Å². The Morgan fingerprint density at radius 1 is 1.22 bits per heavy atom. The molecule has 0 aromatic rings. The summed E-state index contributed by atoms with van der Waals surface area (Å²) in [6.07, 6.45) is 5.15. The van der Waals surface area contributed by atoms with Gasteiger partial charge in [-0.2, -0.15) is 0 Å². The largest absolute Gasteiger partial charge is 0.481 e. The second-order valence-corrected chi connectivity index (χ2v) is 5.56. The SMILES string of the molecule is O=C(CC1(C(=O)O)CCCC1)NC1CCNCC1. The van der Waals surface area contributed by atoms with Crippen LogP contribution in [0.1, 0.15) is 44.9 Å². The van der Waals surface area contributed by atoms with E-state index in [0.717, 1.165) is 38.8 Å². The first kappa shape index (κ1) is 13.3. The number of hydrogen-bond acceptors (Lipinski definition) is 3. The maximum Gasteiger partial charge on any atom is 0.310 e. The van der Waals surface area contributed by atoms with Crippen LogP contribution in [0.2, 0.25) is 0 Å². The van der Waals surface area contributed by atoms with E-state index in [1.165, 1.54) is 0 Å². The van der Waals surface area contributed by atoms with Gasteiger partial charge < -0.3 is 15.7 Å². The van der Waals surface area contributed by atoms with Gasteiger partial charge in [-0.25, -0.2) is 0 Å². The van der Waals surface area contributed by atoms with E-state index in [9.17, 15) is 14.7 Å². The Balaban J connectivity index is 1.87. The van der Waals surface area contributed by atoms with E-state index in [0.29, 0.717) is 12.8 Å². The van der Waals surface area contributed by atoms with Crippen LogP contribution in [-0.4, -0.2) is 36.1 Å². The quantitative estimate of drug-likeness (QED) is 0.696. The zero-order chi connectivity index (χ0) is 13.0. The smallest absolute Gasteiger partial charge is 0.310 e. The number of carboxylic acids is 1. The summed E-state index contributed by atoms with van der Waals surface area (Å²) in [4.78, 5) is 23.3. The Morgan fingerprint density at radius 3 is 2.39 bits per heavy atom. The van der Waals surface area contributed by atoms with Crippen molar-refractivity contribution in [3.8, 4) is 0 Å². The maximum atomic E-state index is 12.0. The van der Waals surface area contributed by atoms with Crippen LogP contribution in [0.3, 0.4) is 0 Å². The van der Waals surface area contributed by atoms with Gasteiger partial charge in [-0.1, -0.05) is 12.8 Å². The third kappa shape index (κ3) is 3.02. The van der Waals surface area contributed by atoms with E-state index in [4.69, 9.17) is 0 Å². The lowest BCUT2D eigenvalue weighted by molar-refractivity contribution is -0.151. The van der Waals surface area contributed by atoms with Crippen LogP contribution in [0.4, 0.5) is 0 Å². The van der Waals surface area contributed by atoms with Crippen molar-refractivity contribution in [2.24, 2.45) is 5.41 Å². The number of carbonyl (C=O) groups is 2. The third-order valence-electron chi connectivity index (χ3n) is 4.22. The molecule has 1 aliphatic heterocycles. The number of piperidine rings is 1. The number of amides is 1. The molecule has 0 radical (unpaired) electrons. The van der Waals surface area contributed by atoms with Gasteiger partial charge in [-0.3, -0.25) is 9.59 Å². The van der Waals surface area contributed by atoms with Crippen LogP contribution in [0.5, 0.6) is 0 Å². The Morgan fingerprint density at radius 2 is 1.83 bits per heavy atom. The highest BCUT2D eigenvalue weighted by Gasteiger charge is 2.43. The summed E-state index contributed by atoms with van der Waals surface area (Å²) in [5.41, 5.74) is -0.795. The molecule has 1 saturated carbocycles. The first-order valence-corrected chi connectivity index (χ1v) is 6.86. The molecular formula is C13H22N2O3. The monoisotopic (exact) mass is 254 g/mol. The molecule has 5 nitrogen and oxygen atoms in total. The predicted molar refractivity (Wildman–Crippen MR) is 67.2 cm³/mol. The summed E-state index contributed by atoms with van der Waals surface area (Å²) in [5.74, 6) is -0.897. The lowest BCUT2D eigenvalue weighted by atomic mass is 9.82. The van der Waals surface area contributed by atoms with Crippen molar-refractivity contribution in [1.29, 1.82) is 0 Å². The second kappa shape index (κ2) is 5.69. The van der Waals surface area contributed by atoms with Gasteiger partial charge in [0.2, 0.25) is 5.91 Å². The molecule has 0 aromatic carbocycles. The van der Waals surface area contributed by atoms with Crippen molar-refractivity contribution >= 4 is 11.9 Å². The molecule has 1 aliphatic carbocycles. The second-order valence-electron chi connectivity index (χ2n) is 5.56. The van der Waals surface area contributed by atoms with E-state index in [2.05, 4.69) is 10.6 Å². The normalized spacial score (nSPS) is 23.8. The van der Waals surface area contributed by atoms with Gasteiger partial charge >= 0.3 is 5.97 Å². The fraction of sp³-hybridized carbons (Fsp3) is 0.846. The molecule has 0 bridgehead atoms. The molecule has 0 aromatic heterocycles. The van der Waals surface area contributed by atoms with Crippen LogP contribution >= 0.6 is 0 Å². The molecule has 0 spiro atoms. The molecule has 3 N–H and O–H groups in total. The Labute approximate surface area is 107 Å². The molecule has 0 atom stereocenters. The van der Waals surface area contributed by atoms with E-state index >= 15 is 0 Å². The third-order valence-corrected chi connectivity index (χ3v) is 4.22. The lowest BCUT2D eigenvalue weighted by Gasteiger charge is -2.27. The minimum absolute atomic E-state index is 0.0915. The Hall–Kier alpha value is -1.10. The molecule has 2 fully saturated rings. The minimum atomic E-state index is -0.805. The van der Waals surface area contributed by atoms with Gasteiger partial charge in [0.1, 0.15) is 0 Å². The Bertz CT molecular complexity index is 318. The first-order chi connectivity index (χ1) is 8.62. The van der Waals surface area contributed by atoms with Crippen molar-refractivity contribution in [3.63, 3.8) is 0 Å². The average molecular weight is 254 g/mol. The van der Waals surface area contributed by atoms with Gasteiger partial charge in [-0.05, 0) is 38.8 Å². The van der Waals surface area contributed by atoms with Gasteiger partial charge in [0.05, 0.1) is 5.41 Å². The van der Waals surface area contributed by atoms with Gasteiger partial charge in [-0.15, -0.1) is 0 Å². The fourth-order valence-electron chi connectivity index (χ4n) is 3.07. The predicted octanol–water partition coefficient (Wildman–Crippen LogP) is 0.890. The molecule has 1 heterocycles. The lowest BCUT2D eigenvalue weighted by Crippen LogP contribution is -2.45. The highest BCUT2D eigenvalue weighted by atomic mass is 16.4. The summed E-state index contributed by atoms with van der Waals surface area (Å²) >= 11 is 0. The summed E-state index contributed by atoms with van der Waals surface area (Å²) in [6, 6.07) is 0.214. The number of carboxylic acid groups (broad SMARTS) is 1. The van der Waals surface area contributed by atoms with Crippen molar-refractivity contribution in [1.82, 2.24) is 10.6 Å². The van der Waals surface area contributed by atoms with Crippen molar-refractivity contribution in [3.05, 3.63) is 0 Å². The number of nitrogens with one attached hydrogen (secondary N) is 2. The molecule has 1 saturated heterocycles. The van der Waals surface area contributed by atoms with E-state index in [1.54, 1.807) is 0 Å². The number of carbonyl (C=O) groups excluding carboxylic acids is 1. The highest BCUT2D eigenvalue weighted by molar-refractivity contribution is 5.85. The van der Waals surface area contributed by atoms with Crippen molar-refractivity contribution in [2.45, 2.75) is 51.0 Å². The molecule has 18 heavy (non-hydrogen) atoms. The van der Waals surface area contributed by atoms with Gasteiger partial charge in [0, 0.05) is 12.5 Å². The molecule has 2 rings (SSSR count). The average Bonchev–Trinajstić information content (AvgIpc) is 2.80. The minimum Gasteiger partial charge on any atom is -0.481 e. The standard InChI is InChI=1S/C13H22N2O3/c16-11(15-10-3-7-14-8-4-10)9-13(12(17)18)5-1-2-6-13/h10,14H,1-9H2,(H,15,16)(H,17,18). The van der Waals surface area contributed by atoms with Gasteiger partial charge in [0.25, 0.3) is 0 Å². The van der Waals surface area contributed by atoms with Crippen LogP contribution in [0.15, 0.2) is 0 Å². The van der Waals surface area contributed by atoms with Crippen molar-refractivity contribution < 1.29 is 14.7 Å². The maximum absolute atomic E-state index is 12.0. The van der Waals surface area contributed by atoms with Gasteiger partial charge in [0.15, 0.2) is 0 Å². The number of rotatable bonds is 4. The van der Waals surface area contributed by atoms with E-state index < -0.39 is 11.4 Å². The topological polar surface area (TPSA) is 78.4 Å². The van der Waals surface area contributed by atoms with E-state index in [-0.39, 0.29) is 18.4 Å². The molecule has 2 aliphatic rings. The summed E-state index contributed by atoms with van der Waals surface area (Å²) < 4.78 is 0. The Kier molecular flexibility index (Phi) is 4.22. The van der Waals surface area contributed by atoms with Crippen molar-refractivity contribution in [2.75, 3.05) is 13.1 Å². The summed E-state index contributed by atoms with van der Waals surface area (Å²) in [7, 11) is 0. The molecule has 5 heteroatoms. The van der Waals surface area contributed by atoms with Crippen LogP contribution in [-0.2, 0) is 9.59 Å². The summed E-state index contributed by atoms with van der Waals surface area (Å²) in [5, 5.41) is 15.6. The zero-order valence-electron chi connectivity index (χ0n) is 10.7. The zero-order valence-corrected chi connectivity index (χ0v) is 10.7. The summed E-state index contributed by atoms with van der Waals surface area (Å²) in [6.45, 7) is 1.85. The molecule has 102 valence electrons. The van der Waals surface area contributed by atoms with Crippen LogP contribution < -0.4 is 10.6 Å². The van der Waals surface area contributed by atoms with Crippen LogP contribution in [0, 0.1) is 5.41 Å². The first-order valence-electron chi connectivity index (χ1n) is 6.86. The fourth-order valence-corrected chi connectivity index (χ4v) is 3.07. The number of hydrogen-bond donors (Lipinski definition) is 3. The molecule has 0 unspecified atom stereocenters. The highest BCUT2D eigenvalue weighted by Crippen LogP contribution is 2.41. The number of aliphatic carboxylic acids is 1. The van der Waals surface area contributed by atoms with Crippen LogP contribution in [0.25, 0.3) is 0 Å².